The molecule has 1 aromatic carbocycles. The van der Waals surface area contributed by atoms with E-state index in [9.17, 15) is 0 Å². The lowest BCUT2D eigenvalue weighted by molar-refractivity contribution is 0.571. The number of benzene rings is 1. The van der Waals surface area contributed by atoms with Crippen molar-refractivity contribution in [3.05, 3.63) is 41.8 Å². The van der Waals surface area contributed by atoms with Crippen LogP contribution in [0.25, 0.3) is 11.5 Å². The van der Waals surface area contributed by atoms with E-state index in [0.717, 1.165) is 17.7 Å². The van der Waals surface area contributed by atoms with Crippen molar-refractivity contribution in [2.45, 2.75) is 26.3 Å². The third kappa shape index (κ3) is 2.49. The first-order chi connectivity index (χ1) is 7.65. The molecule has 1 heterocycles. The zero-order valence-electron chi connectivity index (χ0n) is 9.60. The molecule has 84 valence electrons. The van der Waals surface area contributed by atoms with Crippen molar-refractivity contribution in [2.75, 3.05) is 0 Å². The van der Waals surface area contributed by atoms with Gasteiger partial charge in [-0.05, 0) is 26.0 Å². The molecule has 1 aromatic heterocycles. The smallest absolute Gasteiger partial charge is 0.226 e. The molecule has 0 amide bonds. The molecule has 0 aliphatic heterocycles. The molecule has 2 N–H and O–H groups in total. The summed E-state index contributed by atoms with van der Waals surface area (Å²) in [7, 11) is 0. The number of nitrogens with zero attached hydrogens (tertiary/aromatic N) is 1. The lowest BCUT2D eigenvalue weighted by Gasteiger charge is -1.99. The predicted octanol–water partition coefficient (Wildman–Crippen LogP) is 2.54. The number of aryl methyl sites for hydroxylation is 1. The summed E-state index contributed by atoms with van der Waals surface area (Å²) < 4.78 is 5.44. The van der Waals surface area contributed by atoms with Crippen molar-refractivity contribution >= 4 is 0 Å². The fraction of sp³-hybridized carbons (Fsp3) is 0.308. The van der Waals surface area contributed by atoms with Crippen LogP contribution in [0.1, 0.15) is 18.2 Å². The van der Waals surface area contributed by atoms with Gasteiger partial charge in [0.1, 0.15) is 6.26 Å². The van der Waals surface area contributed by atoms with E-state index in [1.807, 2.05) is 19.1 Å². The Hall–Kier alpha value is -1.61. The van der Waals surface area contributed by atoms with Gasteiger partial charge in [-0.25, -0.2) is 4.98 Å². The molecule has 0 spiro atoms. The number of hydrogen-bond donors (Lipinski definition) is 1. The van der Waals surface area contributed by atoms with E-state index < -0.39 is 0 Å². The van der Waals surface area contributed by atoms with Crippen molar-refractivity contribution in [2.24, 2.45) is 5.73 Å². The van der Waals surface area contributed by atoms with Crippen molar-refractivity contribution in [3.8, 4) is 11.5 Å². The number of nitrogens with two attached hydrogens (primary N) is 1. The van der Waals surface area contributed by atoms with Crippen molar-refractivity contribution < 1.29 is 4.42 Å². The standard InChI is InChI=1S/C13H16N2O/c1-9-4-3-5-11(6-9)13-15-12(8-16-13)7-10(2)14/h3-6,8,10H,7,14H2,1-2H3. The van der Waals surface area contributed by atoms with E-state index in [1.54, 1.807) is 6.26 Å². The Labute approximate surface area is 95.3 Å². The molecule has 0 fully saturated rings. The zero-order chi connectivity index (χ0) is 11.5. The van der Waals surface area contributed by atoms with Crippen molar-refractivity contribution in [3.63, 3.8) is 0 Å². The Kier molecular flexibility index (Phi) is 3.06. The molecule has 0 aliphatic carbocycles. The van der Waals surface area contributed by atoms with Crippen LogP contribution in [-0.4, -0.2) is 11.0 Å². The summed E-state index contributed by atoms with van der Waals surface area (Å²) in [5.41, 5.74) is 8.83. The Morgan fingerprint density at radius 3 is 2.94 bits per heavy atom. The quantitative estimate of drug-likeness (QED) is 0.857. The van der Waals surface area contributed by atoms with Crippen LogP contribution in [0.2, 0.25) is 0 Å². The first-order valence-electron chi connectivity index (χ1n) is 5.42. The monoisotopic (exact) mass is 216 g/mol. The highest BCUT2D eigenvalue weighted by Crippen LogP contribution is 2.19. The molecule has 1 unspecified atom stereocenters. The van der Waals surface area contributed by atoms with E-state index >= 15 is 0 Å². The van der Waals surface area contributed by atoms with Crippen molar-refractivity contribution in [1.82, 2.24) is 4.98 Å². The fourth-order valence-electron chi connectivity index (χ4n) is 1.64. The number of aromatic nitrogens is 1. The van der Waals surface area contributed by atoms with Gasteiger partial charge in [0.05, 0.1) is 5.69 Å². The Morgan fingerprint density at radius 1 is 1.44 bits per heavy atom. The van der Waals surface area contributed by atoms with Crippen LogP contribution in [0.5, 0.6) is 0 Å². The van der Waals surface area contributed by atoms with Crippen LogP contribution in [0.3, 0.4) is 0 Å². The summed E-state index contributed by atoms with van der Waals surface area (Å²) in [6.07, 6.45) is 2.43. The molecule has 3 nitrogen and oxygen atoms in total. The van der Waals surface area contributed by atoms with Gasteiger partial charge in [-0.2, -0.15) is 0 Å². The molecule has 2 aromatic rings. The summed E-state index contributed by atoms with van der Waals surface area (Å²) >= 11 is 0. The summed E-state index contributed by atoms with van der Waals surface area (Å²) in [6.45, 7) is 4.01. The molecular formula is C13H16N2O. The third-order valence-corrected chi connectivity index (χ3v) is 2.35. The minimum Gasteiger partial charge on any atom is -0.444 e. The Bertz CT molecular complexity index is 474. The topological polar surface area (TPSA) is 52.0 Å². The molecule has 3 heteroatoms. The average molecular weight is 216 g/mol. The van der Waals surface area contributed by atoms with Crippen LogP contribution < -0.4 is 5.73 Å². The molecule has 0 aliphatic rings. The maximum Gasteiger partial charge on any atom is 0.226 e. The Balaban J connectivity index is 2.24. The minimum atomic E-state index is 0.107. The van der Waals surface area contributed by atoms with Gasteiger partial charge in [0.15, 0.2) is 0 Å². The largest absolute Gasteiger partial charge is 0.444 e. The molecule has 2 rings (SSSR count). The van der Waals surface area contributed by atoms with Gasteiger partial charge in [0.2, 0.25) is 5.89 Å². The highest BCUT2D eigenvalue weighted by atomic mass is 16.3. The van der Waals surface area contributed by atoms with E-state index in [1.165, 1.54) is 5.56 Å². The van der Waals surface area contributed by atoms with Gasteiger partial charge in [-0.3, -0.25) is 0 Å². The molecular weight excluding hydrogens is 200 g/mol. The van der Waals surface area contributed by atoms with Gasteiger partial charge < -0.3 is 10.2 Å². The van der Waals surface area contributed by atoms with Gasteiger partial charge in [0, 0.05) is 18.0 Å². The van der Waals surface area contributed by atoms with Crippen LogP contribution in [-0.2, 0) is 6.42 Å². The van der Waals surface area contributed by atoms with E-state index in [2.05, 4.69) is 24.0 Å². The fourth-order valence-corrected chi connectivity index (χ4v) is 1.64. The van der Waals surface area contributed by atoms with Gasteiger partial charge in [-0.1, -0.05) is 17.7 Å². The summed E-state index contributed by atoms with van der Waals surface area (Å²) in [4.78, 5) is 4.42. The number of rotatable bonds is 3. The van der Waals surface area contributed by atoms with E-state index in [-0.39, 0.29) is 6.04 Å². The normalized spacial score (nSPS) is 12.7. The summed E-state index contributed by atoms with van der Waals surface area (Å²) in [5, 5.41) is 0. The first kappa shape index (κ1) is 10.9. The minimum absolute atomic E-state index is 0.107. The van der Waals surface area contributed by atoms with Crippen molar-refractivity contribution in [1.29, 1.82) is 0 Å². The number of hydrogen-bond acceptors (Lipinski definition) is 3. The zero-order valence-corrected chi connectivity index (χ0v) is 9.60. The van der Waals surface area contributed by atoms with Gasteiger partial charge >= 0.3 is 0 Å². The van der Waals surface area contributed by atoms with Crippen LogP contribution >= 0.6 is 0 Å². The molecule has 16 heavy (non-hydrogen) atoms. The second-order valence-corrected chi connectivity index (χ2v) is 4.19. The second-order valence-electron chi connectivity index (χ2n) is 4.19. The van der Waals surface area contributed by atoms with E-state index in [4.69, 9.17) is 10.2 Å². The molecule has 0 saturated heterocycles. The molecule has 0 radical (unpaired) electrons. The lowest BCUT2D eigenvalue weighted by atomic mass is 10.1. The lowest BCUT2D eigenvalue weighted by Crippen LogP contribution is -2.17. The van der Waals surface area contributed by atoms with E-state index in [0.29, 0.717) is 5.89 Å². The summed E-state index contributed by atoms with van der Waals surface area (Å²) in [6, 6.07) is 8.21. The maximum absolute atomic E-state index is 5.71. The molecule has 0 saturated carbocycles. The van der Waals surface area contributed by atoms with Crippen LogP contribution in [0.4, 0.5) is 0 Å². The predicted molar refractivity (Wildman–Crippen MR) is 64.0 cm³/mol. The Morgan fingerprint density at radius 2 is 2.25 bits per heavy atom. The highest BCUT2D eigenvalue weighted by Gasteiger charge is 2.07. The number of oxazole rings is 1. The van der Waals surface area contributed by atoms with Gasteiger partial charge in [0.25, 0.3) is 0 Å². The first-order valence-corrected chi connectivity index (χ1v) is 5.42. The van der Waals surface area contributed by atoms with Crippen LogP contribution in [0.15, 0.2) is 34.9 Å². The average Bonchev–Trinajstić information content (AvgIpc) is 2.65. The summed E-state index contributed by atoms with van der Waals surface area (Å²) in [5.74, 6) is 0.666. The van der Waals surface area contributed by atoms with Crippen LogP contribution in [0, 0.1) is 6.92 Å². The van der Waals surface area contributed by atoms with Gasteiger partial charge in [-0.15, -0.1) is 0 Å². The molecule has 0 bridgehead atoms. The third-order valence-electron chi connectivity index (χ3n) is 2.35. The second kappa shape index (κ2) is 4.49. The maximum atomic E-state index is 5.71. The SMILES string of the molecule is Cc1cccc(-c2nc(CC(C)N)co2)c1. The highest BCUT2D eigenvalue weighted by molar-refractivity contribution is 5.54. The molecule has 1 atom stereocenters.